The van der Waals surface area contributed by atoms with E-state index < -0.39 is 0 Å². The molecule has 0 atom stereocenters. The van der Waals surface area contributed by atoms with Crippen LogP contribution in [0.25, 0.3) is 0 Å². The molecule has 0 radical (unpaired) electrons. The van der Waals surface area contributed by atoms with Crippen LogP contribution in [0.15, 0.2) is 28.7 Å². The van der Waals surface area contributed by atoms with Gasteiger partial charge in [0.1, 0.15) is 17.3 Å². The number of carbonyl (C=O) groups is 1. The molecule has 2 amide bonds. The topological polar surface area (TPSA) is 72.7 Å². The van der Waals surface area contributed by atoms with Crippen molar-refractivity contribution < 1.29 is 18.7 Å². The molecule has 0 spiro atoms. The van der Waals surface area contributed by atoms with Crippen LogP contribution in [0, 0.1) is 13.8 Å². The van der Waals surface area contributed by atoms with Gasteiger partial charge < -0.3 is 24.5 Å². The van der Waals surface area contributed by atoms with Crippen LogP contribution in [0.3, 0.4) is 0 Å². The lowest BCUT2D eigenvalue weighted by Crippen LogP contribution is -2.47. The lowest BCUT2D eigenvalue weighted by atomic mass is 9.73. The first kappa shape index (κ1) is 20.6. The zero-order valence-electron chi connectivity index (χ0n) is 16.6. The number of rotatable bonds is 6. The summed E-state index contributed by atoms with van der Waals surface area (Å²) in [4.78, 5) is 12.4. The number of amides is 2. The van der Waals surface area contributed by atoms with Crippen molar-refractivity contribution in [3.05, 3.63) is 51.9 Å². The third-order valence-corrected chi connectivity index (χ3v) is 5.59. The summed E-state index contributed by atoms with van der Waals surface area (Å²) in [6, 6.07) is 7.34. The molecular formula is C21H27ClN2O4. The molecule has 0 aliphatic carbocycles. The third-order valence-electron chi connectivity index (χ3n) is 5.35. The minimum atomic E-state index is -0.284. The maximum absolute atomic E-state index is 12.4. The molecule has 152 valence electrons. The summed E-state index contributed by atoms with van der Waals surface area (Å²) in [5.74, 6) is 2.43. The van der Waals surface area contributed by atoms with Gasteiger partial charge in [-0.15, -0.1) is 0 Å². The van der Waals surface area contributed by atoms with Gasteiger partial charge in [0.05, 0.1) is 7.11 Å². The number of ether oxygens (including phenoxy) is 2. The Kier molecular flexibility index (Phi) is 6.52. The van der Waals surface area contributed by atoms with E-state index >= 15 is 0 Å². The summed E-state index contributed by atoms with van der Waals surface area (Å²) >= 11 is 6.26. The maximum Gasteiger partial charge on any atom is 0.315 e. The van der Waals surface area contributed by atoms with Crippen molar-refractivity contribution in [1.82, 2.24) is 10.6 Å². The highest BCUT2D eigenvalue weighted by Crippen LogP contribution is 2.40. The lowest BCUT2D eigenvalue weighted by Gasteiger charge is -2.38. The van der Waals surface area contributed by atoms with Gasteiger partial charge in [-0.3, -0.25) is 0 Å². The fraction of sp³-hybridized carbons (Fsp3) is 0.476. The fourth-order valence-electron chi connectivity index (χ4n) is 3.74. The predicted molar refractivity (Wildman–Crippen MR) is 108 cm³/mol. The van der Waals surface area contributed by atoms with Crippen molar-refractivity contribution in [2.75, 3.05) is 26.9 Å². The summed E-state index contributed by atoms with van der Waals surface area (Å²) in [6.45, 7) is 5.95. The van der Waals surface area contributed by atoms with E-state index in [1.165, 1.54) is 0 Å². The van der Waals surface area contributed by atoms with Crippen molar-refractivity contribution in [2.24, 2.45) is 0 Å². The largest absolute Gasteiger partial charge is 0.496 e. The van der Waals surface area contributed by atoms with Gasteiger partial charge in [-0.2, -0.15) is 0 Å². The van der Waals surface area contributed by atoms with E-state index in [1.54, 1.807) is 7.11 Å². The van der Waals surface area contributed by atoms with E-state index in [9.17, 15) is 4.79 Å². The summed E-state index contributed by atoms with van der Waals surface area (Å²) in [5, 5.41) is 6.58. The van der Waals surface area contributed by atoms with Crippen LogP contribution in [0.2, 0.25) is 5.02 Å². The molecule has 6 nitrogen and oxygen atoms in total. The zero-order valence-corrected chi connectivity index (χ0v) is 17.3. The van der Waals surface area contributed by atoms with E-state index in [1.807, 2.05) is 38.1 Å². The smallest absolute Gasteiger partial charge is 0.315 e. The van der Waals surface area contributed by atoms with Crippen LogP contribution in [0.1, 0.15) is 35.5 Å². The molecule has 0 unspecified atom stereocenters. The summed E-state index contributed by atoms with van der Waals surface area (Å²) in [6.07, 6.45) is 1.56. The molecular weight excluding hydrogens is 380 g/mol. The number of carbonyl (C=O) groups excluding carboxylic acids is 1. The lowest BCUT2D eigenvalue weighted by molar-refractivity contribution is 0.0498. The van der Waals surface area contributed by atoms with Crippen molar-refractivity contribution in [1.29, 1.82) is 0 Å². The molecule has 3 rings (SSSR count). The second-order valence-electron chi connectivity index (χ2n) is 7.21. The number of hydrogen-bond acceptors (Lipinski definition) is 4. The average Bonchev–Trinajstić information content (AvgIpc) is 3.02. The highest BCUT2D eigenvalue weighted by molar-refractivity contribution is 6.30. The number of hydrogen-bond donors (Lipinski definition) is 2. The Bertz CT molecular complexity index is 828. The van der Waals surface area contributed by atoms with Crippen LogP contribution in [0.4, 0.5) is 4.79 Å². The fourth-order valence-corrected chi connectivity index (χ4v) is 3.92. The van der Waals surface area contributed by atoms with Crippen LogP contribution < -0.4 is 15.4 Å². The van der Waals surface area contributed by atoms with Crippen molar-refractivity contribution in [2.45, 2.75) is 38.6 Å². The standard InChI is InChI=1S/C21H27ClN2O4/c1-14-10-16(15(2)28-14)12-23-20(25)24-13-21(6-8-27-9-7-21)18-11-17(22)4-5-19(18)26-3/h4-5,10-11H,6-9,12-13H2,1-3H3,(H2,23,24,25). The molecule has 0 saturated carbocycles. The van der Waals surface area contributed by atoms with Crippen LogP contribution in [-0.4, -0.2) is 32.9 Å². The second-order valence-corrected chi connectivity index (χ2v) is 7.65. The monoisotopic (exact) mass is 406 g/mol. The van der Waals surface area contributed by atoms with Gasteiger partial charge in [-0.25, -0.2) is 4.79 Å². The Morgan fingerprint density at radius 3 is 2.61 bits per heavy atom. The number of urea groups is 1. The first-order valence-electron chi connectivity index (χ1n) is 9.43. The number of methoxy groups -OCH3 is 1. The van der Waals surface area contributed by atoms with Gasteiger partial charge in [-0.05, 0) is 51.0 Å². The Labute approximate surface area is 170 Å². The minimum absolute atomic E-state index is 0.217. The highest BCUT2D eigenvalue weighted by atomic mass is 35.5. The summed E-state index contributed by atoms with van der Waals surface area (Å²) < 4.78 is 16.6. The molecule has 7 heteroatoms. The first-order chi connectivity index (χ1) is 13.4. The molecule has 1 aliphatic heterocycles. The number of furan rings is 1. The van der Waals surface area contributed by atoms with Gasteiger partial charge in [0.2, 0.25) is 0 Å². The van der Waals surface area contributed by atoms with Crippen LogP contribution in [-0.2, 0) is 16.7 Å². The van der Waals surface area contributed by atoms with E-state index in [-0.39, 0.29) is 11.4 Å². The molecule has 1 aliphatic rings. The molecule has 1 saturated heterocycles. The van der Waals surface area contributed by atoms with Gasteiger partial charge in [0.15, 0.2) is 0 Å². The number of aryl methyl sites for hydroxylation is 2. The second kappa shape index (κ2) is 8.88. The van der Waals surface area contributed by atoms with E-state index in [0.29, 0.717) is 31.3 Å². The molecule has 28 heavy (non-hydrogen) atoms. The number of benzene rings is 1. The molecule has 1 aromatic carbocycles. The average molecular weight is 407 g/mol. The number of halogens is 1. The third kappa shape index (κ3) is 4.62. The maximum atomic E-state index is 12.4. The molecule has 2 N–H and O–H groups in total. The molecule has 1 fully saturated rings. The van der Waals surface area contributed by atoms with Crippen molar-refractivity contribution >= 4 is 17.6 Å². The Morgan fingerprint density at radius 2 is 1.96 bits per heavy atom. The van der Waals surface area contributed by atoms with E-state index in [2.05, 4.69) is 10.6 Å². The minimum Gasteiger partial charge on any atom is -0.496 e. The normalized spacial score (nSPS) is 15.9. The van der Waals surface area contributed by atoms with Gasteiger partial charge in [-0.1, -0.05) is 11.6 Å². The van der Waals surface area contributed by atoms with Crippen molar-refractivity contribution in [3.63, 3.8) is 0 Å². The zero-order chi connectivity index (χ0) is 20.1. The van der Waals surface area contributed by atoms with Gasteiger partial charge in [0.25, 0.3) is 0 Å². The summed E-state index contributed by atoms with van der Waals surface area (Å²) in [5.41, 5.74) is 1.70. The summed E-state index contributed by atoms with van der Waals surface area (Å²) in [7, 11) is 1.65. The van der Waals surface area contributed by atoms with E-state index in [0.717, 1.165) is 41.2 Å². The predicted octanol–water partition coefficient (Wildman–Crippen LogP) is 4.11. The first-order valence-corrected chi connectivity index (χ1v) is 9.81. The SMILES string of the molecule is COc1ccc(Cl)cc1C1(CNC(=O)NCc2cc(C)oc2C)CCOCC1. The Balaban J connectivity index is 1.70. The van der Waals surface area contributed by atoms with Crippen LogP contribution in [0.5, 0.6) is 5.75 Å². The highest BCUT2D eigenvalue weighted by Gasteiger charge is 2.37. The van der Waals surface area contributed by atoms with Crippen LogP contribution >= 0.6 is 11.6 Å². The Hall–Kier alpha value is -2.18. The van der Waals surface area contributed by atoms with Gasteiger partial charge >= 0.3 is 6.03 Å². The quantitative estimate of drug-likeness (QED) is 0.757. The van der Waals surface area contributed by atoms with E-state index in [4.69, 9.17) is 25.5 Å². The number of nitrogens with one attached hydrogen (secondary N) is 2. The van der Waals surface area contributed by atoms with Gasteiger partial charge in [0, 0.05) is 47.9 Å². The van der Waals surface area contributed by atoms with Crippen molar-refractivity contribution in [3.8, 4) is 5.75 Å². The molecule has 2 aromatic rings. The Morgan fingerprint density at radius 1 is 1.21 bits per heavy atom. The molecule has 1 aromatic heterocycles. The molecule has 0 bridgehead atoms. The molecule has 2 heterocycles.